The zero-order chi connectivity index (χ0) is 15.2. The molecule has 2 heterocycles. The minimum atomic E-state index is 0.118. The Labute approximate surface area is 126 Å². The molecule has 1 fully saturated rings. The van der Waals surface area contributed by atoms with E-state index in [-0.39, 0.29) is 11.8 Å². The van der Waals surface area contributed by atoms with Gasteiger partial charge in [-0.25, -0.2) is 4.98 Å². The number of hydrogen-bond acceptors (Lipinski definition) is 4. The van der Waals surface area contributed by atoms with E-state index >= 15 is 0 Å². The Balaban J connectivity index is 1.69. The summed E-state index contributed by atoms with van der Waals surface area (Å²) in [7, 11) is 1.71. The van der Waals surface area contributed by atoms with Crippen molar-refractivity contribution >= 4 is 5.91 Å². The first kappa shape index (κ1) is 16.0. The van der Waals surface area contributed by atoms with Crippen LogP contribution in [0.25, 0.3) is 0 Å². The highest BCUT2D eigenvalue weighted by atomic mass is 16.5. The number of nitrogens with one attached hydrogen (secondary N) is 1. The van der Waals surface area contributed by atoms with Crippen molar-refractivity contribution in [1.82, 2.24) is 19.8 Å². The molecule has 0 bridgehead atoms. The average molecular weight is 294 g/mol. The van der Waals surface area contributed by atoms with Gasteiger partial charge in [0.05, 0.1) is 24.5 Å². The number of amides is 1. The van der Waals surface area contributed by atoms with Crippen LogP contribution in [0.4, 0.5) is 0 Å². The molecule has 0 radical (unpaired) electrons. The third-order valence-corrected chi connectivity index (χ3v) is 4.25. The maximum Gasteiger partial charge on any atom is 0.224 e. The molecule has 0 spiro atoms. The summed E-state index contributed by atoms with van der Waals surface area (Å²) in [5, 5.41) is 3.04. The number of methoxy groups -OCH3 is 1. The number of rotatable bonds is 7. The normalized spacial score (nSPS) is 19.1. The van der Waals surface area contributed by atoms with Crippen molar-refractivity contribution in [3.05, 3.63) is 17.7 Å². The number of nitrogens with zero attached hydrogens (tertiary/aromatic N) is 3. The van der Waals surface area contributed by atoms with Gasteiger partial charge < -0.3 is 19.5 Å². The van der Waals surface area contributed by atoms with Crippen LogP contribution in [-0.4, -0.2) is 60.3 Å². The van der Waals surface area contributed by atoms with Crippen LogP contribution in [0.3, 0.4) is 0 Å². The molecule has 0 saturated carbocycles. The van der Waals surface area contributed by atoms with E-state index < -0.39 is 0 Å². The average Bonchev–Trinajstić information content (AvgIpc) is 3.07. The first-order chi connectivity index (χ1) is 10.1. The second-order valence-electron chi connectivity index (χ2n) is 5.68. The predicted octanol–water partition coefficient (Wildman–Crippen LogP) is 0.584. The minimum Gasteiger partial charge on any atom is -0.383 e. The smallest absolute Gasteiger partial charge is 0.224 e. The number of ether oxygens (including phenoxy) is 1. The Hall–Kier alpha value is -1.40. The molecule has 2 rings (SSSR count). The number of carbonyl (C=O) groups is 1. The van der Waals surface area contributed by atoms with Crippen molar-refractivity contribution in [1.29, 1.82) is 0 Å². The van der Waals surface area contributed by atoms with Gasteiger partial charge in [0.2, 0.25) is 5.91 Å². The van der Waals surface area contributed by atoms with Gasteiger partial charge in [-0.15, -0.1) is 0 Å². The quantitative estimate of drug-likeness (QED) is 0.799. The van der Waals surface area contributed by atoms with Gasteiger partial charge in [-0.3, -0.25) is 4.79 Å². The number of aromatic nitrogens is 2. The van der Waals surface area contributed by atoms with Crippen LogP contribution in [0.15, 0.2) is 6.33 Å². The molecule has 1 aromatic heterocycles. The fourth-order valence-electron chi connectivity index (χ4n) is 2.68. The van der Waals surface area contributed by atoms with Crippen molar-refractivity contribution < 1.29 is 9.53 Å². The number of aryl methyl sites for hydroxylation is 1. The molecule has 0 aliphatic carbocycles. The van der Waals surface area contributed by atoms with Crippen LogP contribution in [0.2, 0.25) is 0 Å². The van der Waals surface area contributed by atoms with E-state index in [0.29, 0.717) is 6.54 Å². The fourth-order valence-corrected chi connectivity index (χ4v) is 2.68. The summed E-state index contributed by atoms with van der Waals surface area (Å²) in [6.07, 6.45) is 2.78. The summed E-state index contributed by atoms with van der Waals surface area (Å²) in [5.41, 5.74) is 2.21. The lowest BCUT2D eigenvalue weighted by molar-refractivity contribution is -0.124. The Morgan fingerprint density at radius 2 is 2.29 bits per heavy atom. The lowest BCUT2D eigenvalue weighted by atomic mass is 10.1. The van der Waals surface area contributed by atoms with E-state index in [0.717, 1.165) is 50.6 Å². The second kappa shape index (κ2) is 7.56. The zero-order valence-corrected chi connectivity index (χ0v) is 13.3. The molecule has 1 amide bonds. The molecule has 1 N–H and O–H groups in total. The van der Waals surface area contributed by atoms with Gasteiger partial charge in [0, 0.05) is 39.0 Å². The van der Waals surface area contributed by atoms with Gasteiger partial charge in [-0.1, -0.05) is 0 Å². The molecule has 21 heavy (non-hydrogen) atoms. The maximum absolute atomic E-state index is 12.2. The monoisotopic (exact) mass is 294 g/mol. The Bertz CT molecular complexity index is 472. The molecule has 118 valence electrons. The Morgan fingerprint density at radius 1 is 1.48 bits per heavy atom. The molecule has 6 heteroatoms. The van der Waals surface area contributed by atoms with Crippen molar-refractivity contribution in [2.45, 2.75) is 26.8 Å². The van der Waals surface area contributed by atoms with Crippen LogP contribution in [0, 0.1) is 19.8 Å². The third-order valence-electron chi connectivity index (χ3n) is 4.25. The van der Waals surface area contributed by atoms with Crippen LogP contribution in [0.5, 0.6) is 0 Å². The van der Waals surface area contributed by atoms with Crippen molar-refractivity contribution in [2.75, 3.05) is 39.9 Å². The first-order valence-corrected chi connectivity index (χ1v) is 7.59. The first-order valence-electron chi connectivity index (χ1n) is 7.59. The largest absolute Gasteiger partial charge is 0.383 e. The molecule has 1 aliphatic rings. The fraction of sp³-hybridized carbons (Fsp3) is 0.733. The van der Waals surface area contributed by atoms with Gasteiger partial charge in [-0.2, -0.15) is 0 Å². The molecule has 1 aliphatic heterocycles. The summed E-state index contributed by atoms with van der Waals surface area (Å²) in [5.74, 6) is 0.289. The molecule has 1 unspecified atom stereocenters. The van der Waals surface area contributed by atoms with E-state index in [1.807, 2.05) is 13.3 Å². The van der Waals surface area contributed by atoms with Crippen molar-refractivity contribution in [3.8, 4) is 0 Å². The lowest BCUT2D eigenvalue weighted by Crippen LogP contribution is -2.35. The standard InChI is InChI=1S/C15H26N4O2/c1-12-13(2)19(11-17-12)7-5-16-15(20)14-4-6-18(10-14)8-9-21-3/h11,14H,4-10H2,1-3H3,(H,16,20). The number of imidazole rings is 1. The number of carbonyl (C=O) groups excluding carboxylic acids is 1. The molecule has 1 atom stereocenters. The maximum atomic E-state index is 12.2. The van der Waals surface area contributed by atoms with Crippen molar-refractivity contribution in [2.24, 2.45) is 5.92 Å². The summed E-state index contributed by atoms with van der Waals surface area (Å²) >= 11 is 0. The van der Waals surface area contributed by atoms with Crippen LogP contribution in [0.1, 0.15) is 17.8 Å². The van der Waals surface area contributed by atoms with Gasteiger partial charge in [0.1, 0.15) is 0 Å². The zero-order valence-electron chi connectivity index (χ0n) is 13.3. The highest BCUT2D eigenvalue weighted by molar-refractivity contribution is 5.79. The molecule has 0 aromatic carbocycles. The highest BCUT2D eigenvalue weighted by Gasteiger charge is 2.27. The molecular formula is C15H26N4O2. The number of likely N-dealkylation sites (tertiary alicyclic amines) is 1. The van der Waals surface area contributed by atoms with Gasteiger partial charge >= 0.3 is 0 Å². The van der Waals surface area contributed by atoms with E-state index in [4.69, 9.17) is 4.74 Å². The Morgan fingerprint density at radius 3 is 2.95 bits per heavy atom. The third kappa shape index (κ3) is 4.28. The van der Waals surface area contributed by atoms with Crippen molar-refractivity contribution in [3.63, 3.8) is 0 Å². The van der Waals surface area contributed by atoms with Gasteiger partial charge in [-0.05, 0) is 26.8 Å². The molecular weight excluding hydrogens is 268 g/mol. The summed E-state index contributed by atoms with van der Waals surface area (Å²) in [4.78, 5) is 18.7. The molecule has 6 nitrogen and oxygen atoms in total. The summed E-state index contributed by atoms with van der Waals surface area (Å²) < 4.78 is 7.15. The highest BCUT2D eigenvalue weighted by Crippen LogP contribution is 2.15. The van der Waals surface area contributed by atoms with Crippen LogP contribution in [-0.2, 0) is 16.1 Å². The summed E-state index contributed by atoms with van der Waals surface area (Å²) in [6.45, 7) is 8.95. The van der Waals surface area contributed by atoms with E-state index in [1.165, 1.54) is 0 Å². The summed E-state index contributed by atoms with van der Waals surface area (Å²) in [6, 6.07) is 0. The van der Waals surface area contributed by atoms with E-state index in [9.17, 15) is 4.79 Å². The molecule has 1 saturated heterocycles. The SMILES string of the molecule is COCCN1CCC(C(=O)NCCn2cnc(C)c2C)C1. The van der Waals surface area contributed by atoms with Crippen LogP contribution >= 0.6 is 0 Å². The van der Waals surface area contributed by atoms with E-state index in [1.54, 1.807) is 7.11 Å². The lowest BCUT2D eigenvalue weighted by Gasteiger charge is -2.15. The number of hydrogen-bond donors (Lipinski definition) is 1. The topological polar surface area (TPSA) is 59.4 Å². The van der Waals surface area contributed by atoms with E-state index in [2.05, 4.69) is 26.7 Å². The van der Waals surface area contributed by atoms with Crippen LogP contribution < -0.4 is 5.32 Å². The minimum absolute atomic E-state index is 0.118. The second-order valence-corrected chi connectivity index (χ2v) is 5.68. The predicted molar refractivity (Wildman–Crippen MR) is 81.1 cm³/mol. The molecule has 1 aromatic rings. The van der Waals surface area contributed by atoms with Gasteiger partial charge in [0.15, 0.2) is 0 Å². The Kier molecular flexibility index (Phi) is 5.76. The van der Waals surface area contributed by atoms with Gasteiger partial charge in [0.25, 0.3) is 0 Å².